The summed E-state index contributed by atoms with van der Waals surface area (Å²) < 4.78 is 6.36. The van der Waals surface area contributed by atoms with Crippen molar-refractivity contribution >= 4 is 12.2 Å². The number of hydrogen-bond acceptors (Lipinski definition) is 3. The van der Waals surface area contributed by atoms with Gasteiger partial charge in [0.2, 0.25) is 0 Å². The maximum atomic E-state index is 10.8. The van der Waals surface area contributed by atoms with E-state index in [0.29, 0.717) is 17.6 Å². The second-order valence-electron chi connectivity index (χ2n) is 8.29. The van der Waals surface area contributed by atoms with Crippen molar-refractivity contribution in [3.63, 3.8) is 0 Å². The monoisotopic (exact) mass is 362 g/mol. The summed E-state index contributed by atoms with van der Waals surface area (Å²) in [5.74, 6) is 2.03. The van der Waals surface area contributed by atoms with Gasteiger partial charge in [0.05, 0.1) is 0 Å². The molecular weight excluding hydrogens is 336 g/mol. The van der Waals surface area contributed by atoms with E-state index in [1.54, 1.807) is 12.1 Å². The number of allylic oxidation sites excluding steroid dienone is 2. The van der Waals surface area contributed by atoms with Gasteiger partial charge in [-0.3, -0.25) is 0 Å². The van der Waals surface area contributed by atoms with Crippen LogP contribution < -0.4 is 4.74 Å². The lowest BCUT2D eigenvalue weighted by atomic mass is 9.67. The van der Waals surface area contributed by atoms with Crippen LogP contribution in [0.4, 0.5) is 0 Å². The third kappa shape index (κ3) is 3.34. The minimum Gasteiger partial charge on any atom is -0.508 e. The highest BCUT2D eigenvalue weighted by Crippen LogP contribution is 2.54. The lowest BCUT2D eigenvalue weighted by Gasteiger charge is -2.47. The van der Waals surface area contributed by atoms with Crippen LogP contribution in [0.5, 0.6) is 17.2 Å². The fourth-order valence-corrected chi connectivity index (χ4v) is 4.46. The molecule has 140 valence electrons. The molecule has 0 amide bonds. The zero-order valence-corrected chi connectivity index (χ0v) is 16.1. The van der Waals surface area contributed by atoms with Crippen LogP contribution in [-0.4, -0.2) is 15.8 Å². The number of benzene rings is 2. The number of ether oxygens (including phenoxy) is 1. The van der Waals surface area contributed by atoms with Crippen molar-refractivity contribution in [3.8, 4) is 17.2 Å². The molecule has 27 heavy (non-hydrogen) atoms. The quantitative estimate of drug-likeness (QED) is 0.518. The zero-order valence-electron chi connectivity index (χ0n) is 16.1. The number of phenolic OH excluding ortho intramolecular Hbond substituents is 2. The first-order valence-electron chi connectivity index (χ1n) is 9.52. The second-order valence-corrected chi connectivity index (χ2v) is 8.29. The lowest BCUT2D eigenvalue weighted by Crippen LogP contribution is -2.45. The summed E-state index contributed by atoms with van der Waals surface area (Å²) in [6.45, 7) is 6.47. The Kier molecular flexibility index (Phi) is 4.26. The normalized spacial score (nSPS) is 23.3. The van der Waals surface area contributed by atoms with Crippen LogP contribution in [0.3, 0.4) is 0 Å². The molecule has 0 fully saturated rings. The molecule has 1 heterocycles. The summed E-state index contributed by atoms with van der Waals surface area (Å²) in [6, 6.07) is 10.9. The number of rotatable bonds is 2. The van der Waals surface area contributed by atoms with Gasteiger partial charge in [-0.1, -0.05) is 35.9 Å². The van der Waals surface area contributed by atoms with Gasteiger partial charge in [-0.25, -0.2) is 0 Å². The molecule has 0 bridgehead atoms. The molecule has 0 saturated heterocycles. The summed E-state index contributed by atoms with van der Waals surface area (Å²) in [4.78, 5) is 0. The Morgan fingerprint density at radius 3 is 2.48 bits per heavy atom. The summed E-state index contributed by atoms with van der Waals surface area (Å²) in [7, 11) is 0. The Balaban J connectivity index is 1.70. The summed E-state index contributed by atoms with van der Waals surface area (Å²) in [5.41, 5.74) is 3.96. The van der Waals surface area contributed by atoms with Crippen molar-refractivity contribution in [3.05, 3.63) is 64.7 Å². The van der Waals surface area contributed by atoms with Gasteiger partial charge in [-0.05, 0) is 69.0 Å². The van der Waals surface area contributed by atoms with E-state index in [-0.39, 0.29) is 11.4 Å². The number of aromatic hydroxyl groups is 2. The second kappa shape index (κ2) is 6.49. The standard InChI is InChI=1S/C24H26O3/c1-15-4-11-20-19(12-15)23-21(26)13-17(14-22(23)27-24(20,2)3)6-5-16-7-9-18(25)10-8-16/h4-10,13-14,19-20,25-26H,11-12H2,1-3H3/b6-5+/t19-,20-/m0/s1. The molecule has 3 heteroatoms. The van der Waals surface area contributed by atoms with E-state index >= 15 is 0 Å². The SMILES string of the molecule is CC1=CC[C@H]2[C@H](C1)c1c(O)cc(/C=C/c3ccc(O)cc3)cc1OC2(C)C. The summed E-state index contributed by atoms with van der Waals surface area (Å²) >= 11 is 0. The molecule has 0 unspecified atom stereocenters. The van der Waals surface area contributed by atoms with Gasteiger partial charge in [0.1, 0.15) is 22.8 Å². The lowest BCUT2D eigenvalue weighted by molar-refractivity contribution is 0.00760. The van der Waals surface area contributed by atoms with Crippen molar-refractivity contribution in [2.45, 2.75) is 45.1 Å². The molecule has 2 atom stereocenters. The average Bonchev–Trinajstić information content (AvgIpc) is 2.60. The first-order valence-corrected chi connectivity index (χ1v) is 9.52. The average molecular weight is 362 g/mol. The summed E-state index contributed by atoms with van der Waals surface area (Å²) in [5, 5.41) is 20.2. The molecule has 1 aliphatic heterocycles. The largest absolute Gasteiger partial charge is 0.508 e. The van der Waals surface area contributed by atoms with Crippen molar-refractivity contribution in [1.82, 2.24) is 0 Å². The predicted octanol–water partition coefficient (Wildman–Crippen LogP) is 5.88. The van der Waals surface area contributed by atoms with E-state index in [4.69, 9.17) is 4.74 Å². The fourth-order valence-electron chi connectivity index (χ4n) is 4.46. The van der Waals surface area contributed by atoms with Crippen molar-refractivity contribution in [2.24, 2.45) is 5.92 Å². The predicted molar refractivity (Wildman–Crippen MR) is 109 cm³/mol. The van der Waals surface area contributed by atoms with Crippen molar-refractivity contribution in [2.75, 3.05) is 0 Å². The summed E-state index contributed by atoms with van der Waals surface area (Å²) in [6.07, 6.45) is 8.19. The van der Waals surface area contributed by atoms with Gasteiger partial charge in [0.15, 0.2) is 0 Å². The minimum absolute atomic E-state index is 0.251. The molecule has 0 spiro atoms. The molecular formula is C24H26O3. The molecule has 0 aromatic heterocycles. The highest BCUT2D eigenvalue weighted by atomic mass is 16.5. The smallest absolute Gasteiger partial charge is 0.127 e. The number of fused-ring (bicyclic) bond motifs is 3. The van der Waals surface area contributed by atoms with Crippen LogP contribution in [0.15, 0.2) is 48.0 Å². The van der Waals surface area contributed by atoms with Crippen LogP contribution >= 0.6 is 0 Å². The van der Waals surface area contributed by atoms with Crippen LogP contribution in [0.1, 0.15) is 56.2 Å². The maximum absolute atomic E-state index is 10.8. The Morgan fingerprint density at radius 2 is 1.74 bits per heavy atom. The zero-order chi connectivity index (χ0) is 19.2. The first kappa shape index (κ1) is 17.7. The van der Waals surface area contributed by atoms with E-state index in [9.17, 15) is 10.2 Å². The third-order valence-corrected chi connectivity index (χ3v) is 5.89. The van der Waals surface area contributed by atoms with Gasteiger partial charge < -0.3 is 14.9 Å². The van der Waals surface area contributed by atoms with Gasteiger partial charge in [0, 0.05) is 17.4 Å². The van der Waals surface area contributed by atoms with E-state index < -0.39 is 0 Å². The first-order chi connectivity index (χ1) is 12.8. The minimum atomic E-state index is -0.263. The molecule has 1 aliphatic carbocycles. The maximum Gasteiger partial charge on any atom is 0.127 e. The topological polar surface area (TPSA) is 49.7 Å². The molecule has 2 aromatic rings. The van der Waals surface area contributed by atoms with Gasteiger partial charge in [0.25, 0.3) is 0 Å². The van der Waals surface area contributed by atoms with Gasteiger partial charge in [-0.2, -0.15) is 0 Å². The van der Waals surface area contributed by atoms with Crippen molar-refractivity contribution < 1.29 is 14.9 Å². The molecule has 0 radical (unpaired) electrons. The van der Waals surface area contributed by atoms with E-state index in [2.05, 4.69) is 26.8 Å². The van der Waals surface area contributed by atoms with Gasteiger partial charge in [-0.15, -0.1) is 0 Å². The number of hydrogen-bond donors (Lipinski definition) is 2. The highest BCUT2D eigenvalue weighted by molar-refractivity contribution is 5.72. The van der Waals surface area contributed by atoms with Crippen LogP contribution in [-0.2, 0) is 0 Å². The Bertz CT molecular complexity index is 919. The number of phenols is 2. The van der Waals surface area contributed by atoms with Crippen LogP contribution in [0.2, 0.25) is 0 Å². The third-order valence-electron chi connectivity index (χ3n) is 5.89. The molecule has 0 saturated carbocycles. The van der Waals surface area contributed by atoms with E-state index in [1.807, 2.05) is 36.4 Å². The molecule has 2 aliphatic rings. The molecule has 4 rings (SSSR count). The molecule has 2 N–H and O–H groups in total. The van der Waals surface area contributed by atoms with E-state index in [1.165, 1.54) is 5.57 Å². The Labute approximate surface area is 160 Å². The Hall–Kier alpha value is -2.68. The fraction of sp³-hybridized carbons (Fsp3) is 0.333. The highest BCUT2D eigenvalue weighted by Gasteiger charge is 2.45. The van der Waals surface area contributed by atoms with Crippen LogP contribution in [0, 0.1) is 5.92 Å². The van der Waals surface area contributed by atoms with Gasteiger partial charge >= 0.3 is 0 Å². The van der Waals surface area contributed by atoms with Crippen LogP contribution in [0.25, 0.3) is 12.2 Å². The molecule has 3 nitrogen and oxygen atoms in total. The Morgan fingerprint density at radius 1 is 1.04 bits per heavy atom. The van der Waals surface area contributed by atoms with E-state index in [0.717, 1.165) is 35.3 Å². The van der Waals surface area contributed by atoms with Crippen molar-refractivity contribution in [1.29, 1.82) is 0 Å². The molecule has 2 aromatic carbocycles.